The highest BCUT2D eigenvalue weighted by Gasteiger charge is 2.24. The fourth-order valence-corrected chi connectivity index (χ4v) is 2.73. The first-order valence-electron chi connectivity index (χ1n) is 7.94. The number of fused-ring (bicyclic) bond motifs is 1. The summed E-state index contributed by atoms with van der Waals surface area (Å²) in [6.45, 7) is 0.375. The number of hydrogen-bond acceptors (Lipinski definition) is 3. The Balaban J connectivity index is 1.69. The molecular formula is C19H16N5O+. The van der Waals surface area contributed by atoms with Gasteiger partial charge in [0.15, 0.2) is 5.52 Å². The summed E-state index contributed by atoms with van der Waals surface area (Å²) in [5.74, 6) is 0.635. The highest BCUT2D eigenvalue weighted by atomic mass is 16.1. The summed E-state index contributed by atoms with van der Waals surface area (Å²) in [5, 5.41) is 2.91. The molecule has 6 heteroatoms. The molecule has 0 aromatic carbocycles. The largest absolute Gasteiger partial charge is 0.343 e. The Morgan fingerprint density at radius 3 is 2.80 bits per heavy atom. The molecule has 0 aliphatic rings. The molecule has 2 N–H and O–H groups in total. The van der Waals surface area contributed by atoms with Crippen LogP contribution in [0.4, 0.5) is 0 Å². The summed E-state index contributed by atoms with van der Waals surface area (Å²) < 4.78 is 1.95. The molecule has 1 amide bonds. The zero-order chi connectivity index (χ0) is 17.1. The molecule has 6 nitrogen and oxygen atoms in total. The number of pyridine rings is 3. The Morgan fingerprint density at radius 2 is 2.00 bits per heavy atom. The molecule has 0 unspecified atom stereocenters. The van der Waals surface area contributed by atoms with Crippen LogP contribution in [-0.4, -0.2) is 20.9 Å². The van der Waals surface area contributed by atoms with Crippen molar-refractivity contribution in [1.82, 2.24) is 20.3 Å². The Bertz CT molecular complexity index is 1010. The molecule has 0 bridgehead atoms. The van der Waals surface area contributed by atoms with Gasteiger partial charge in [0.05, 0.1) is 24.0 Å². The van der Waals surface area contributed by atoms with Gasteiger partial charge in [0.25, 0.3) is 11.7 Å². The maximum Gasteiger partial charge on any atom is 0.295 e. The third kappa shape index (κ3) is 2.97. The first-order chi connectivity index (χ1) is 12.3. The Hall–Kier alpha value is -3.54. The van der Waals surface area contributed by atoms with Gasteiger partial charge in [-0.25, -0.2) is 4.98 Å². The van der Waals surface area contributed by atoms with Gasteiger partial charge < -0.3 is 5.32 Å². The number of carbonyl (C=O) groups is 1. The fraction of sp³-hybridized carbons (Fsp3) is 0.0526. The van der Waals surface area contributed by atoms with Crippen molar-refractivity contribution in [3.8, 4) is 11.4 Å². The summed E-state index contributed by atoms with van der Waals surface area (Å²) in [6, 6.07) is 15.2. The predicted molar refractivity (Wildman–Crippen MR) is 92.6 cm³/mol. The Morgan fingerprint density at radius 1 is 1.08 bits per heavy atom. The Kier molecular flexibility index (Phi) is 3.92. The van der Waals surface area contributed by atoms with Gasteiger partial charge in [0, 0.05) is 18.6 Å². The molecular weight excluding hydrogens is 314 g/mol. The van der Waals surface area contributed by atoms with Gasteiger partial charge >= 0.3 is 0 Å². The molecule has 25 heavy (non-hydrogen) atoms. The minimum absolute atomic E-state index is 0.176. The highest BCUT2D eigenvalue weighted by molar-refractivity contribution is 5.98. The summed E-state index contributed by atoms with van der Waals surface area (Å²) in [5.41, 5.74) is 3.04. The van der Waals surface area contributed by atoms with Crippen molar-refractivity contribution in [3.05, 3.63) is 84.7 Å². The van der Waals surface area contributed by atoms with Crippen molar-refractivity contribution in [2.45, 2.75) is 6.54 Å². The second-order valence-electron chi connectivity index (χ2n) is 5.55. The quantitative estimate of drug-likeness (QED) is 0.563. The normalized spacial score (nSPS) is 10.7. The van der Waals surface area contributed by atoms with Gasteiger partial charge in [-0.1, -0.05) is 12.1 Å². The number of carbonyl (C=O) groups excluding carboxylic acids is 1. The first kappa shape index (κ1) is 15.0. The van der Waals surface area contributed by atoms with Crippen molar-refractivity contribution in [2.24, 2.45) is 0 Å². The summed E-state index contributed by atoms with van der Waals surface area (Å²) >= 11 is 0. The van der Waals surface area contributed by atoms with E-state index in [-0.39, 0.29) is 5.91 Å². The van der Waals surface area contributed by atoms with E-state index in [1.54, 1.807) is 18.6 Å². The zero-order valence-electron chi connectivity index (χ0n) is 13.4. The number of nitrogens with zero attached hydrogens (tertiary/aromatic N) is 3. The standard InChI is InChI=1S/C19H15N5O/c25-19(22-13-15-7-1-3-10-21-15)17-16-8-2-4-11-24(16)18(23-17)14-6-5-9-20-12-14/h1-12H,13H2,(H,22,25)/p+1. The van der Waals surface area contributed by atoms with Crippen LogP contribution >= 0.6 is 0 Å². The maximum absolute atomic E-state index is 12.7. The van der Waals surface area contributed by atoms with Gasteiger partial charge in [-0.2, -0.15) is 4.40 Å². The van der Waals surface area contributed by atoms with E-state index in [9.17, 15) is 4.79 Å². The predicted octanol–water partition coefficient (Wildman–Crippen LogP) is 2.14. The van der Waals surface area contributed by atoms with Crippen molar-refractivity contribution in [1.29, 1.82) is 0 Å². The minimum atomic E-state index is -0.176. The van der Waals surface area contributed by atoms with E-state index < -0.39 is 0 Å². The van der Waals surface area contributed by atoms with Crippen LogP contribution in [0.3, 0.4) is 0 Å². The first-order valence-corrected chi connectivity index (χ1v) is 7.94. The number of rotatable bonds is 4. The monoisotopic (exact) mass is 330 g/mol. The smallest absolute Gasteiger partial charge is 0.295 e. The molecule has 0 aliphatic carbocycles. The molecule has 0 fully saturated rings. The van der Waals surface area contributed by atoms with Crippen LogP contribution in [0.5, 0.6) is 0 Å². The van der Waals surface area contributed by atoms with Crippen LogP contribution in [0.2, 0.25) is 0 Å². The van der Waals surface area contributed by atoms with Crippen molar-refractivity contribution in [3.63, 3.8) is 0 Å². The van der Waals surface area contributed by atoms with Gasteiger partial charge in [-0.3, -0.25) is 14.8 Å². The van der Waals surface area contributed by atoms with Crippen LogP contribution in [-0.2, 0) is 6.54 Å². The highest BCUT2D eigenvalue weighted by Crippen LogP contribution is 2.16. The van der Waals surface area contributed by atoms with E-state index in [0.717, 1.165) is 22.6 Å². The number of aromatic nitrogens is 4. The van der Waals surface area contributed by atoms with E-state index in [1.807, 2.05) is 59.1 Å². The van der Waals surface area contributed by atoms with Gasteiger partial charge in [-0.15, -0.1) is 0 Å². The molecule has 122 valence electrons. The van der Waals surface area contributed by atoms with Crippen LogP contribution < -0.4 is 9.72 Å². The van der Waals surface area contributed by atoms with Crippen LogP contribution in [0.25, 0.3) is 16.9 Å². The third-order valence-corrected chi connectivity index (χ3v) is 3.92. The van der Waals surface area contributed by atoms with Gasteiger partial charge in [0.2, 0.25) is 5.69 Å². The summed E-state index contributed by atoms with van der Waals surface area (Å²) in [6.07, 6.45) is 7.12. The Labute approximate surface area is 144 Å². The van der Waals surface area contributed by atoms with Crippen molar-refractivity contribution < 1.29 is 9.20 Å². The lowest BCUT2D eigenvalue weighted by atomic mass is 10.3. The maximum atomic E-state index is 12.7. The van der Waals surface area contributed by atoms with E-state index in [1.165, 1.54) is 0 Å². The molecule has 0 saturated heterocycles. The molecule has 4 heterocycles. The number of nitrogens with one attached hydrogen (secondary N) is 2. The van der Waals surface area contributed by atoms with Crippen molar-refractivity contribution in [2.75, 3.05) is 0 Å². The second-order valence-corrected chi connectivity index (χ2v) is 5.55. The van der Waals surface area contributed by atoms with Gasteiger partial charge in [0.1, 0.15) is 0 Å². The minimum Gasteiger partial charge on any atom is -0.343 e. The van der Waals surface area contributed by atoms with E-state index in [0.29, 0.717) is 12.2 Å². The molecule has 0 saturated carbocycles. The number of amides is 1. The lowest BCUT2D eigenvalue weighted by molar-refractivity contribution is -0.498. The molecule has 0 spiro atoms. The number of hydrogen-bond donors (Lipinski definition) is 2. The lowest BCUT2D eigenvalue weighted by Crippen LogP contribution is -2.25. The molecule has 0 radical (unpaired) electrons. The topological polar surface area (TPSA) is 74.8 Å². The molecule has 0 atom stereocenters. The van der Waals surface area contributed by atoms with E-state index in [4.69, 9.17) is 0 Å². The average molecular weight is 330 g/mol. The molecule has 4 aromatic heterocycles. The lowest BCUT2D eigenvalue weighted by Gasteiger charge is -2.01. The SMILES string of the molecule is O=C(NCc1ccccn1)c1[nH]c(-c2cccnc2)[n+]2ccccc12. The molecule has 4 aromatic rings. The summed E-state index contributed by atoms with van der Waals surface area (Å²) in [4.78, 5) is 24.3. The summed E-state index contributed by atoms with van der Waals surface area (Å²) in [7, 11) is 0. The fourth-order valence-electron chi connectivity index (χ4n) is 2.73. The molecule has 0 aliphatic heterocycles. The molecule has 4 rings (SSSR count). The number of imidazole rings is 1. The van der Waals surface area contributed by atoms with E-state index in [2.05, 4.69) is 20.3 Å². The van der Waals surface area contributed by atoms with Crippen LogP contribution in [0.1, 0.15) is 16.2 Å². The van der Waals surface area contributed by atoms with E-state index >= 15 is 0 Å². The van der Waals surface area contributed by atoms with Crippen molar-refractivity contribution >= 4 is 11.4 Å². The third-order valence-electron chi connectivity index (χ3n) is 3.92. The van der Waals surface area contributed by atoms with Crippen LogP contribution in [0, 0.1) is 0 Å². The number of aromatic amines is 1. The van der Waals surface area contributed by atoms with Gasteiger partial charge in [-0.05, 0) is 36.4 Å². The second kappa shape index (κ2) is 6.52. The van der Waals surface area contributed by atoms with Crippen LogP contribution in [0.15, 0.2) is 73.3 Å². The average Bonchev–Trinajstić information content (AvgIpc) is 3.07. The number of H-pyrrole nitrogens is 1. The zero-order valence-corrected chi connectivity index (χ0v) is 13.4.